The van der Waals surface area contributed by atoms with Gasteiger partial charge in [0, 0.05) is 32.7 Å². The van der Waals surface area contributed by atoms with Crippen molar-refractivity contribution in [2.24, 2.45) is 0 Å². The Morgan fingerprint density at radius 2 is 1.97 bits per heavy atom. The van der Waals surface area contributed by atoms with Gasteiger partial charge in [0.15, 0.2) is 0 Å². The fourth-order valence-electron chi connectivity index (χ4n) is 3.81. The molecule has 1 fully saturated rings. The van der Waals surface area contributed by atoms with Crippen LogP contribution in [-0.2, 0) is 6.54 Å². The van der Waals surface area contributed by atoms with E-state index >= 15 is 0 Å². The summed E-state index contributed by atoms with van der Waals surface area (Å²) in [7, 11) is 4.07. The van der Waals surface area contributed by atoms with Gasteiger partial charge in [0.1, 0.15) is 23.7 Å². The van der Waals surface area contributed by atoms with E-state index in [2.05, 4.69) is 25.8 Å². The molecule has 1 aromatic heterocycles. The number of hydrogen-bond donors (Lipinski definition) is 1. The molecular weight excluding hydrogens is 381 g/mol. The normalized spacial score (nSPS) is 14.6. The maximum atomic E-state index is 13.8. The molecule has 0 unspecified atom stereocenters. The van der Waals surface area contributed by atoms with E-state index < -0.39 is 0 Å². The van der Waals surface area contributed by atoms with Gasteiger partial charge >= 0.3 is 0 Å². The molecular formula is C23H30FN5O. The average Bonchev–Trinajstić information content (AvgIpc) is 3.10. The zero-order valence-electron chi connectivity index (χ0n) is 18.0. The highest BCUT2D eigenvalue weighted by atomic mass is 19.1. The van der Waals surface area contributed by atoms with Gasteiger partial charge in [-0.15, -0.1) is 0 Å². The van der Waals surface area contributed by atoms with E-state index in [9.17, 15) is 4.39 Å². The van der Waals surface area contributed by atoms with E-state index in [0.29, 0.717) is 18.7 Å². The van der Waals surface area contributed by atoms with Crippen LogP contribution in [0, 0.1) is 12.7 Å². The van der Waals surface area contributed by atoms with Crippen LogP contribution in [0.2, 0.25) is 0 Å². The van der Waals surface area contributed by atoms with E-state index in [1.165, 1.54) is 0 Å². The predicted octanol–water partition coefficient (Wildman–Crippen LogP) is 2.88. The second-order valence-corrected chi connectivity index (χ2v) is 8.09. The molecule has 0 bridgehead atoms. The molecule has 0 radical (unpaired) electrons. The van der Waals surface area contributed by atoms with Crippen LogP contribution < -0.4 is 15.0 Å². The fraction of sp³-hybridized carbons (Fsp3) is 0.435. The minimum atomic E-state index is -0.173. The SMILES string of the molecule is Cc1cc(Cn2c(N3CCNCC3)nc3c(OCCN(C)C)cccc32)ccc1F. The molecule has 1 N–H and O–H groups in total. The second kappa shape index (κ2) is 9.02. The summed E-state index contributed by atoms with van der Waals surface area (Å²) in [6.07, 6.45) is 0. The molecule has 1 aliphatic heterocycles. The summed E-state index contributed by atoms with van der Waals surface area (Å²) in [5, 5.41) is 3.40. The first-order valence-electron chi connectivity index (χ1n) is 10.5. The van der Waals surface area contributed by atoms with Gasteiger partial charge in [-0.1, -0.05) is 18.2 Å². The molecule has 2 aromatic carbocycles. The molecule has 0 amide bonds. The number of imidazole rings is 1. The van der Waals surface area contributed by atoms with Crippen LogP contribution >= 0.6 is 0 Å². The highest BCUT2D eigenvalue weighted by Gasteiger charge is 2.21. The monoisotopic (exact) mass is 411 g/mol. The van der Waals surface area contributed by atoms with Crippen molar-refractivity contribution in [3.05, 3.63) is 53.3 Å². The summed E-state index contributed by atoms with van der Waals surface area (Å²) < 4.78 is 22.1. The Balaban J connectivity index is 1.74. The van der Waals surface area contributed by atoms with Crippen molar-refractivity contribution >= 4 is 17.0 Å². The van der Waals surface area contributed by atoms with Crippen molar-refractivity contribution in [1.29, 1.82) is 0 Å². The number of hydrogen-bond acceptors (Lipinski definition) is 5. The lowest BCUT2D eigenvalue weighted by Gasteiger charge is -2.29. The Morgan fingerprint density at radius 1 is 1.17 bits per heavy atom. The Bertz CT molecular complexity index is 1010. The van der Waals surface area contributed by atoms with Gasteiger partial charge in [0.25, 0.3) is 0 Å². The highest BCUT2D eigenvalue weighted by molar-refractivity contribution is 5.85. The zero-order valence-corrected chi connectivity index (χ0v) is 18.0. The summed E-state index contributed by atoms with van der Waals surface area (Å²) in [5.74, 6) is 1.57. The van der Waals surface area contributed by atoms with Gasteiger partial charge in [-0.2, -0.15) is 0 Å². The standard InChI is InChI=1S/C23H30FN5O/c1-17-15-18(7-8-19(17)24)16-29-20-5-4-6-21(30-14-13-27(2)3)22(20)26-23(29)28-11-9-25-10-12-28/h4-8,15,25H,9-14,16H2,1-3H3. The van der Waals surface area contributed by atoms with Gasteiger partial charge in [0.2, 0.25) is 5.95 Å². The maximum Gasteiger partial charge on any atom is 0.207 e. The number of fused-ring (bicyclic) bond motifs is 1. The summed E-state index contributed by atoms with van der Waals surface area (Å²) in [6.45, 7) is 7.58. The number of nitrogens with zero attached hydrogens (tertiary/aromatic N) is 4. The smallest absolute Gasteiger partial charge is 0.207 e. The molecule has 30 heavy (non-hydrogen) atoms. The predicted molar refractivity (Wildman–Crippen MR) is 119 cm³/mol. The summed E-state index contributed by atoms with van der Waals surface area (Å²) in [6, 6.07) is 11.4. The van der Waals surface area contributed by atoms with E-state index in [1.54, 1.807) is 13.0 Å². The molecule has 0 spiro atoms. The van der Waals surface area contributed by atoms with E-state index in [4.69, 9.17) is 9.72 Å². The van der Waals surface area contributed by atoms with E-state index in [0.717, 1.165) is 61.0 Å². The minimum Gasteiger partial charge on any atom is -0.490 e. The number of likely N-dealkylation sites (N-methyl/N-ethyl adjacent to an activating group) is 1. The summed E-state index contributed by atoms with van der Waals surface area (Å²) >= 11 is 0. The third-order valence-electron chi connectivity index (χ3n) is 5.48. The zero-order chi connectivity index (χ0) is 21.1. The molecule has 4 rings (SSSR count). The lowest BCUT2D eigenvalue weighted by Crippen LogP contribution is -2.44. The molecule has 1 aliphatic rings. The number of aromatic nitrogens is 2. The van der Waals surface area contributed by atoms with Gasteiger partial charge in [-0.25, -0.2) is 9.37 Å². The highest BCUT2D eigenvalue weighted by Crippen LogP contribution is 2.31. The third kappa shape index (κ3) is 4.42. The molecule has 6 nitrogen and oxygen atoms in total. The van der Waals surface area contributed by atoms with E-state index in [1.807, 2.05) is 38.4 Å². The first-order chi connectivity index (χ1) is 14.5. The topological polar surface area (TPSA) is 45.6 Å². The average molecular weight is 412 g/mol. The van der Waals surface area contributed by atoms with Crippen LogP contribution in [0.15, 0.2) is 36.4 Å². The largest absolute Gasteiger partial charge is 0.490 e. The lowest BCUT2D eigenvalue weighted by atomic mass is 10.1. The van der Waals surface area contributed by atoms with Crippen LogP contribution in [0.3, 0.4) is 0 Å². The van der Waals surface area contributed by atoms with Crippen molar-refractivity contribution in [3.8, 4) is 5.75 Å². The molecule has 160 valence electrons. The Morgan fingerprint density at radius 3 is 2.70 bits per heavy atom. The third-order valence-corrected chi connectivity index (χ3v) is 5.48. The first-order valence-corrected chi connectivity index (χ1v) is 10.5. The molecule has 3 aromatic rings. The van der Waals surface area contributed by atoms with Gasteiger partial charge in [-0.3, -0.25) is 0 Å². The van der Waals surface area contributed by atoms with E-state index in [-0.39, 0.29) is 5.82 Å². The second-order valence-electron chi connectivity index (χ2n) is 8.09. The van der Waals surface area contributed by atoms with Gasteiger partial charge < -0.3 is 24.4 Å². The molecule has 7 heteroatoms. The van der Waals surface area contributed by atoms with Crippen LogP contribution in [0.5, 0.6) is 5.75 Å². The summed E-state index contributed by atoms with van der Waals surface area (Å²) in [4.78, 5) is 9.43. The number of halogens is 1. The molecule has 0 aliphatic carbocycles. The first kappa shape index (κ1) is 20.6. The number of rotatable bonds is 7. The van der Waals surface area contributed by atoms with Crippen LogP contribution in [0.4, 0.5) is 10.3 Å². The number of para-hydroxylation sites is 1. The maximum absolute atomic E-state index is 13.8. The van der Waals surface area contributed by atoms with Crippen LogP contribution in [0.1, 0.15) is 11.1 Å². The number of piperazine rings is 1. The molecule has 1 saturated heterocycles. The molecule has 0 saturated carbocycles. The van der Waals surface area contributed by atoms with Crippen LogP contribution in [0.25, 0.3) is 11.0 Å². The number of ether oxygens (including phenoxy) is 1. The minimum absolute atomic E-state index is 0.173. The number of anilines is 1. The van der Waals surface area contributed by atoms with Crippen molar-refractivity contribution in [2.75, 3.05) is 58.3 Å². The van der Waals surface area contributed by atoms with Gasteiger partial charge in [0.05, 0.1) is 12.1 Å². The Kier molecular flexibility index (Phi) is 6.20. The van der Waals surface area contributed by atoms with Crippen molar-refractivity contribution in [2.45, 2.75) is 13.5 Å². The lowest BCUT2D eigenvalue weighted by molar-refractivity contribution is 0.263. The van der Waals surface area contributed by atoms with Crippen molar-refractivity contribution in [1.82, 2.24) is 19.8 Å². The quantitative estimate of drug-likeness (QED) is 0.648. The summed E-state index contributed by atoms with van der Waals surface area (Å²) in [5.41, 5.74) is 3.63. The van der Waals surface area contributed by atoms with Gasteiger partial charge in [-0.05, 0) is 50.3 Å². The fourth-order valence-corrected chi connectivity index (χ4v) is 3.81. The Labute approximate surface area is 177 Å². The number of benzene rings is 2. The number of aryl methyl sites for hydroxylation is 1. The Hall–Kier alpha value is -2.64. The van der Waals surface area contributed by atoms with Crippen LogP contribution in [-0.4, -0.2) is 67.9 Å². The molecule has 0 atom stereocenters. The number of nitrogens with one attached hydrogen (secondary N) is 1. The van der Waals surface area contributed by atoms with Crippen molar-refractivity contribution < 1.29 is 9.13 Å². The van der Waals surface area contributed by atoms with Crippen molar-refractivity contribution in [3.63, 3.8) is 0 Å². The molecule has 2 heterocycles.